The molecule has 0 unspecified atom stereocenters. The molecule has 0 amide bonds. The maximum absolute atomic E-state index is 9.58. The zero-order valence-corrected chi connectivity index (χ0v) is 12.4. The number of aliphatic hydroxyl groups is 1. The fraction of sp³-hybridized carbons (Fsp3) is 0.312. The second-order valence-electron chi connectivity index (χ2n) is 5.75. The number of para-hydroxylation sites is 2. The van der Waals surface area contributed by atoms with Gasteiger partial charge in [-0.15, -0.1) is 0 Å². The molecule has 3 aromatic rings. The number of benzene rings is 1. The molecule has 0 radical (unpaired) electrons. The van der Waals surface area contributed by atoms with Gasteiger partial charge >= 0.3 is 0 Å². The molecule has 7 nitrogen and oxygen atoms in total. The van der Waals surface area contributed by atoms with Crippen LogP contribution in [0.25, 0.3) is 22.6 Å². The zero-order chi connectivity index (χ0) is 15.8. The van der Waals surface area contributed by atoms with Crippen LogP contribution in [-0.4, -0.2) is 37.3 Å². The summed E-state index contributed by atoms with van der Waals surface area (Å²) in [4.78, 5) is 16.3. The molecule has 1 aliphatic carbocycles. The van der Waals surface area contributed by atoms with Crippen LogP contribution >= 0.6 is 0 Å². The van der Waals surface area contributed by atoms with Crippen molar-refractivity contribution in [1.82, 2.24) is 19.9 Å². The van der Waals surface area contributed by atoms with Crippen molar-refractivity contribution in [3.8, 4) is 17.4 Å². The van der Waals surface area contributed by atoms with Crippen molar-refractivity contribution in [3.63, 3.8) is 0 Å². The summed E-state index contributed by atoms with van der Waals surface area (Å²) in [7, 11) is 0. The van der Waals surface area contributed by atoms with Crippen LogP contribution in [0.15, 0.2) is 30.5 Å². The fourth-order valence-corrected chi connectivity index (χ4v) is 2.87. The van der Waals surface area contributed by atoms with Crippen LogP contribution in [0.4, 0.5) is 5.82 Å². The molecule has 0 bridgehead atoms. The third-order valence-corrected chi connectivity index (χ3v) is 4.04. The van der Waals surface area contributed by atoms with Crippen molar-refractivity contribution < 1.29 is 9.84 Å². The standard InChI is InChI=1S/C16H17N5O2/c17-15-14(16-19-11-3-1-2-4-12(11)20-16)21-13(8-18-15)23-10-6-5-9(22)7-10/h1-4,8-10,22H,5-7H2,(H2,17,18)(H,19,20)/t9-,10-/m1/s1. The van der Waals surface area contributed by atoms with Crippen LogP contribution in [0.5, 0.6) is 5.88 Å². The highest BCUT2D eigenvalue weighted by Crippen LogP contribution is 2.27. The molecule has 4 N–H and O–H groups in total. The Bertz CT molecular complexity index is 814. The van der Waals surface area contributed by atoms with E-state index in [0.29, 0.717) is 29.6 Å². The highest BCUT2D eigenvalue weighted by atomic mass is 16.5. The van der Waals surface area contributed by atoms with Gasteiger partial charge in [0.1, 0.15) is 6.10 Å². The Morgan fingerprint density at radius 2 is 2.09 bits per heavy atom. The summed E-state index contributed by atoms with van der Waals surface area (Å²) in [6.45, 7) is 0. The van der Waals surface area contributed by atoms with Crippen LogP contribution in [0.3, 0.4) is 0 Å². The maximum Gasteiger partial charge on any atom is 0.233 e. The minimum Gasteiger partial charge on any atom is -0.473 e. The molecule has 118 valence electrons. The van der Waals surface area contributed by atoms with Gasteiger partial charge in [0, 0.05) is 6.42 Å². The van der Waals surface area contributed by atoms with E-state index in [-0.39, 0.29) is 12.2 Å². The highest BCUT2D eigenvalue weighted by Gasteiger charge is 2.25. The molecule has 7 heteroatoms. The molecule has 1 saturated carbocycles. The Morgan fingerprint density at radius 1 is 1.22 bits per heavy atom. The van der Waals surface area contributed by atoms with E-state index >= 15 is 0 Å². The number of imidazole rings is 1. The molecule has 2 atom stereocenters. The van der Waals surface area contributed by atoms with E-state index < -0.39 is 0 Å². The third-order valence-electron chi connectivity index (χ3n) is 4.04. The average molecular weight is 311 g/mol. The van der Waals surface area contributed by atoms with E-state index in [9.17, 15) is 5.11 Å². The number of anilines is 1. The first kappa shape index (κ1) is 14.0. The number of aromatic nitrogens is 4. The number of H-pyrrole nitrogens is 1. The van der Waals surface area contributed by atoms with Crippen molar-refractivity contribution in [2.75, 3.05) is 5.73 Å². The molecule has 1 aliphatic rings. The molecule has 0 saturated heterocycles. The summed E-state index contributed by atoms with van der Waals surface area (Å²) >= 11 is 0. The first-order valence-electron chi connectivity index (χ1n) is 7.61. The number of nitrogens with one attached hydrogen (secondary N) is 1. The first-order chi connectivity index (χ1) is 11.2. The number of hydrogen-bond acceptors (Lipinski definition) is 6. The molecule has 1 aromatic carbocycles. The van der Waals surface area contributed by atoms with Gasteiger partial charge in [-0.3, -0.25) is 0 Å². The lowest BCUT2D eigenvalue weighted by Crippen LogP contribution is -2.15. The van der Waals surface area contributed by atoms with E-state index in [2.05, 4.69) is 19.9 Å². The SMILES string of the molecule is Nc1ncc(O[C@@H]2CC[C@@H](O)C2)nc1-c1nc2ccccc2[nH]1. The molecule has 23 heavy (non-hydrogen) atoms. The molecule has 2 aromatic heterocycles. The summed E-state index contributed by atoms with van der Waals surface area (Å²) < 4.78 is 5.81. The van der Waals surface area contributed by atoms with Crippen molar-refractivity contribution >= 4 is 16.9 Å². The first-order valence-corrected chi connectivity index (χ1v) is 7.61. The molecule has 0 aliphatic heterocycles. The number of hydrogen-bond donors (Lipinski definition) is 3. The predicted molar refractivity (Wildman–Crippen MR) is 85.8 cm³/mol. The number of ether oxygens (including phenoxy) is 1. The fourth-order valence-electron chi connectivity index (χ4n) is 2.87. The van der Waals surface area contributed by atoms with Gasteiger partial charge < -0.3 is 20.6 Å². The van der Waals surface area contributed by atoms with Gasteiger partial charge in [-0.2, -0.15) is 0 Å². The molecular formula is C16H17N5O2. The van der Waals surface area contributed by atoms with Crippen LogP contribution in [-0.2, 0) is 0 Å². The van der Waals surface area contributed by atoms with Gasteiger partial charge in [0.2, 0.25) is 5.88 Å². The summed E-state index contributed by atoms with van der Waals surface area (Å²) in [6, 6.07) is 7.71. The van der Waals surface area contributed by atoms with E-state index in [1.807, 2.05) is 24.3 Å². The van der Waals surface area contributed by atoms with Crippen molar-refractivity contribution in [2.24, 2.45) is 0 Å². The molecule has 2 heterocycles. The van der Waals surface area contributed by atoms with Crippen LogP contribution in [0.2, 0.25) is 0 Å². The van der Waals surface area contributed by atoms with E-state index in [1.54, 1.807) is 0 Å². The summed E-state index contributed by atoms with van der Waals surface area (Å²) in [5, 5.41) is 9.58. The lowest BCUT2D eigenvalue weighted by Gasteiger charge is -2.12. The zero-order valence-electron chi connectivity index (χ0n) is 12.4. The number of fused-ring (bicyclic) bond motifs is 1. The molecule has 0 spiro atoms. The highest BCUT2D eigenvalue weighted by molar-refractivity contribution is 5.80. The number of aliphatic hydroxyl groups excluding tert-OH is 1. The van der Waals surface area contributed by atoms with Crippen LogP contribution in [0.1, 0.15) is 19.3 Å². The Labute approximate surface area is 132 Å². The number of nitrogens with two attached hydrogens (primary N) is 1. The quantitative estimate of drug-likeness (QED) is 0.681. The normalized spacial score (nSPS) is 20.9. The van der Waals surface area contributed by atoms with Gasteiger partial charge in [-0.1, -0.05) is 12.1 Å². The van der Waals surface area contributed by atoms with Gasteiger partial charge in [-0.25, -0.2) is 15.0 Å². The second kappa shape index (κ2) is 5.51. The minimum atomic E-state index is -0.295. The van der Waals surface area contributed by atoms with E-state index in [0.717, 1.165) is 23.9 Å². The summed E-state index contributed by atoms with van der Waals surface area (Å²) in [5.41, 5.74) is 8.17. The molecule has 4 rings (SSSR count). The van der Waals surface area contributed by atoms with E-state index in [1.165, 1.54) is 6.20 Å². The van der Waals surface area contributed by atoms with Crippen molar-refractivity contribution in [3.05, 3.63) is 30.5 Å². The van der Waals surface area contributed by atoms with Gasteiger partial charge in [0.05, 0.1) is 23.3 Å². The average Bonchev–Trinajstić information content (AvgIpc) is 3.15. The largest absolute Gasteiger partial charge is 0.473 e. The summed E-state index contributed by atoms with van der Waals surface area (Å²) in [5.74, 6) is 1.25. The Morgan fingerprint density at radius 3 is 2.87 bits per heavy atom. The lowest BCUT2D eigenvalue weighted by molar-refractivity contribution is 0.146. The van der Waals surface area contributed by atoms with Crippen LogP contribution in [0, 0.1) is 0 Å². The molecular weight excluding hydrogens is 294 g/mol. The topological polar surface area (TPSA) is 110 Å². The Balaban J connectivity index is 1.66. The predicted octanol–water partition coefficient (Wildman–Crippen LogP) is 1.89. The van der Waals surface area contributed by atoms with Crippen molar-refractivity contribution in [1.29, 1.82) is 0 Å². The van der Waals surface area contributed by atoms with E-state index in [4.69, 9.17) is 10.5 Å². The van der Waals surface area contributed by atoms with Gasteiger partial charge in [-0.05, 0) is 25.0 Å². The third kappa shape index (κ3) is 2.70. The smallest absolute Gasteiger partial charge is 0.233 e. The molecule has 1 fully saturated rings. The monoisotopic (exact) mass is 311 g/mol. The number of aromatic amines is 1. The van der Waals surface area contributed by atoms with Crippen LogP contribution < -0.4 is 10.5 Å². The number of rotatable bonds is 3. The second-order valence-corrected chi connectivity index (χ2v) is 5.75. The number of nitrogens with zero attached hydrogens (tertiary/aromatic N) is 3. The summed E-state index contributed by atoms with van der Waals surface area (Å²) in [6.07, 6.45) is 3.36. The minimum absolute atomic E-state index is 0.0357. The van der Waals surface area contributed by atoms with Gasteiger partial charge in [0.25, 0.3) is 0 Å². The maximum atomic E-state index is 9.58. The van der Waals surface area contributed by atoms with Crippen molar-refractivity contribution in [2.45, 2.75) is 31.5 Å². The number of nitrogen functional groups attached to an aromatic ring is 1. The van der Waals surface area contributed by atoms with Gasteiger partial charge in [0.15, 0.2) is 17.3 Å². The lowest BCUT2D eigenvalue weighted by atomic mass is 10.3. The Hall–Kier alpha value is -2.67. The Kier molecular flexibility index (Phi) is 3.34.